The highest BCUT2D eigenvalue weighted by Gasteiger charge is 2.32. The van der Waals surface area contributed by atoms with Gasteiger partial charge in [-0.1, -0.05) is 17.3 Å². The zero-order chi connectivity index (χ0) is 19.0. The van der Waals surface area contributed by atoms with Crippen molar-refractivity contribution >= 4 is 17.0 Å². The van der Waals surface area contributed by atoms with Crippen molar-refractivity contribution in [3.05, 3.63) is 52.8 Å². The van der Waals surface area contributed by atoms with Gasteiger partial charge in [0.1, 0.15) is 5.75 Å². The van der Waals surface area contributed by atoms with Crippen LogP contribution in [0.25, 0.3) is 11.1 Å². The van der Waals surface area contributed by atoms with E-state index in [2.05, 4.69) is 22.3 Å². The van der Waals surface area contributed by atoms with Crippen LogP contribution in [0, 0.1) is 13.8 Å². The summed E-state index contributed by atoms with van der Waals surface area (Å²) in [4.78, 5) is 19.7. The van der Waals surface area contributed by atoms with Gasteiger partial charge >= 0.3 is 0 Å². The zero-order valence-electron chi connectivity index (χ0n) is 15.9. The van der Waals surface area contributed by atoms with Gasteiger partial charge in [0, 0.05) is 12.2 Å². The normalized spacial score (nSPS) is 16.9. The fourth-order valence-corrected chi connectivity index (χ4v) is 3.85. The third kappa shape index (κ3) is 3.16. The maximum Gasteiger partial charge on any atom is 0.258 e. The predicted molar refractivity (Wildman–Crippen MR) is 102 cm³/mol. The lowest BCUT2D eigenvalue weighted by Gasteiger charge is -2.25. The summed E-state index contributed by atoms with van der Waals surface area (Å²) in [6, 6.07) is 9.95. The van der Waals surface area contributed by atoms with Crippen molar-refractivity contribution in [1.82, 2.24) is 15.0 Å². The second-order valence-corrected chi connectivity index (χ2v) is 6.92. The van der Waals surface area contributed by atoms with E-state index in [1.807, 2.05) is 43.9 Å². The molecule has 6 nitrogen and oxygen atoms in total. The summed E-state index contributed by atoms with van der Waals surface area (Å²) in [5, 5.41) is 4.70. The number of benzene rings is 1. The van der Waals surface area contributed by atoms with E-state index in [0.29, 0.717) is 29.0 Å². The first-order chi connectivity index (χ1) is 13.1. The number of nitrogens with zero attached hydrogens (tertiary/aromatic N) is 3. The van der Waals surface area contributed by atoms with Gasteiger partial charge in [-0.15, -0.1) is 0 Å². The van der Waals surface area contributed by atoms with E-state index >= 15 is 0 Å². The van der Waals surface area contributed by atoms with Gasteiger partial charge in [-0.2, -0.15) is 0 Å². The Morgan fingerprint density at radius 3 is 2.81 bits per heavy atom. The van der Waals surface area contributed by atoms with Crippen molar-refractivity contribution < 1.29 is 14.1 Å². The number of carbonyl (C=O) groups excluding carboxylic acids is 1. The van der Waals surface area contributed by atoms with Crippen LogP contribution in [0.5, 0.6) is 5.75 Å². The summed E-state index contributed by atoms with van der Waals surface area (Å²) < 4.78 is 10.8. The molecule has 0 radical (unpaired) electrons. The van der Waals surface area contributed by atoms with Crippen molar-refractivity contribution in [2.45, 2.75) is 39.7 Å². The molecule has 1 aliphatic heterocycles. The minimum Gasteiger partial charge on any atom is -0.494 e. The molecule has 2 aromatic heterocycles. The van der Waals surface area contributed by atoms with E-state index in [0.717, 1.165) is 36.4 Å². The van der Waals surface area contributed by atoms with Crippen LogP contribution in [0.3, 0.4) is 0 Å². The molecule has 1 saturated heterocycles. The molecule has 0 bridgehead atoms. The van der Waals surface area contributed by atoms with Gasteiger partial charge < -0.3 is 14.2 Å². The van der Waals surface area contributed by atoms with Gasteiger partial charge in [0.25, 0.3) is 11.6 Å². The lowest BCUT2D eigenvalue weighted by atomic mass is 10.0. The van der Waals surface area contributed by atoms with Crippen LogP contribution in [0.4, 0.5) is 0 Å². The van der Waals surface area contributed by atoms with E-state index in [1.54, 1.807) is 0 Å². The Hall–Kier alpha value is -2.89. The minimum absolute atomic E-state index is 0.00758. The summed E-state index contributed by atoms with van der Waals surface area (Å²) in [6.45, 7) is 7.05. The molecule has 1 atom stereocenters. The van der Waals surface area contributed by atoms with E-state index in [1.165, 1.54) is 0 Å². The Labute approximate surface area is 158 Å². The number of rotatable bonds is 4. The van der Waals surface area contributed by atoms with Gasteiger partial charge in [0.15, 0.2) is 0 Å². The van der Waals surface area contributed by atoms with E-state index in [9.17, 15) is 4.79 Å². The van der Waals surface area contributed by atoms with Gasteiger partial charge in [-0.3, -0.25) is 4.79 Å². The Kier molecular flexibility index (Phi) is 4.56. The van der Waals surface area contributed by atoms with E-state index in [-0.39, 0.29) is 11.9 Å². The molecule has 0 aliphatic carbocycles. The molecule has 1 fully saturated rings. The second-order valence-electron chi connectivity index (χ2n) is 6.92. The molecule has 0 spiro atoms. The largest absolute Gasteiger partial charge is 0.494 e. The maximum absolute atomic E-state index is 13.4. The van der Waals surface area contributed by atoms with Crippen molar-refractivity contribution in [2.24, 2.45) is 0 Å². The molecule has 0 saturated carbocycles. The molecule has 6 heteroatoms. The predicted octanol–water partition coefficient (Wildman–Crippen LogP) is 4.22. The number of aryl methyl sites for hydroxylation is 2. The van der Waals surface area contributed by atoms with Crippen molar-refractivity contribution in [1.29, 1.82) is 0 Å². The third-order valence-corrected chi connectivity index (χ3v) is 5.07. The van der Waals surface area contributed by atoms with Gasteiger partial charge in [0.05, 0.1) is 29.3 Å². The Morgan fingerprint density at radius 2 is 2.07 bits per heavy atom. The van der Waals surface area contributed by atoms with Crippen molar-refractivity contribution in [2.75, 3.05) is 13.2 Å². The first kappa shape index (κ1) is 17.5. The van der Waals surface area contributed by atoms with Gasteiger partial charge in [-0.05, 0) is 57.4 Å². The smallest absolute Gasteiger partial charge is 0.258 e. The third-order valence-electron chi connectivity index (χ3n) is 5.07. The Balaban J connectivity index is 1.68. The quantitative estimate of drug-likeness (QED) is 0.692. The number of hydrogen-bond acceptors (Lipinski definition) is 5. The van der Waals surface area contributed by atoms with Crippen LogP contribution in [0.15, 0.2) is 34.9 Å². The number of aromatic nitrogens is 2. The fourth-order valence-electron chi connectivity index (χ4n) is 3.85. The highest BCUT2D eigenvalue weighted by molar-refractivity contribution is 6.06. The molecule has 4 rings (SSSR count). The molecule has 1 aliphatic rings. The Morgan fingerprint density at radius 1 is 1.30 bits per heavy atom. The van der Waals surface area contributed by atoms with Gasteiger partial charge in [0.2, 0.25) is 0 Å². The lowest BCUT2D eigenvalue weighted by molar-refractivity contribution is 0.0737. The summed E-state index contributed by atoms with van der Waals surface area (Å²) in [7, 11) is 0. The summed E-state index contributed by atoms with van der Waals surface area (Å²) >= 11 is 0. The van der Waals surface area contributed by atoms with Crippen LogP contribution < -0.4 is 4.74 Å². The standard InChI is InChI=1S/C21H23N3O3/c1-4-26-16-9-7-15(8-10-16)18-6-5-11-24(18)21(25)17-12-13(2)22-20-19(17)14(3)23-27-20/h7-10,12,18H,4-6,11H2,1-3H3/t18-/m1/s1. The topological polar surface area (TPSA) is 68.5 Å². The van der Waals surface area contributed by atoms with Crippen LogP contribution in [-0.4, -0.2) is 34.1 Å². The molecule has 27 heavy (non-hydrogen) atoms. The van der Waals surface area contributed by atoms with Crippen LogP contribution in [0.2, 0.25) is 0 Å². The molecule has 3 aromatic rings. The highest BCUT2D eigenvalue weighted by Crippen LogP contribution is 2.35. The molecule has 1 amide bonds. The number of fused-ring (bicyclic) bond motifs is 1. The molecular formula is C21H23N3O3. The average molecular weight is 365 g/mol. The van der Waals surface area contributed by atoms with Crippen molar-refractivity contribution in [3.8, 4) is 5.75 Å². The second kappa shape index (κ2) is 7.02. The number of carbonyl (C=O) groups is 1. The molecule has 3 heterocycles. The van der Waals surface area contributed by atoms with Crippen LogP contribution in [0.1, 0.15) is 53.1 Å². The minimum atomic E-state index is 0.00758. The molecule has 0 N–H and O–H groups in total. The van der Waals surface area contributed by atoms with Crippen molar-refractivity contribution in [3.63, 3.8) is 0 Å². The van der Waals surface area contributed by atoms with E-state index in [4.69, 9.17) is 9.26 Å². The Bertz CT molecular complexity index is 978. The maximum atomic E-state index is 13.4. The fraction of sp³-hybridized carbons (Fsp3) is 0.381. The molecule has 140 valence electrons. The number of amides is 1. The summed E-state index contributed by atoms with van der Waals surface area (Å²) in [5.41, 5.74) is 3.62. The van der Waals surface area contributed by atoms with E-state index < -0.39 is 0 Å². The highest BCUT2D eigenvalue weighted by atomic mass is 16.5. The first-order valence-corrected chi connectivity index (χ1v) is 9.36. The first-order valence-electron chi connectivity index (χ1n) is 9.36. The number of hydrogen-bond donors (Lipinski definition) is 0. The van der Waals surface area contributed by atoms with Gasteiger partial charge in [-0.25, -0.2) is 4.98 Å². The summed E-state index contributed by atoms with van der Waals surface area (Å²) in [5.74, 6) is 0.858. The monoisotopic (exact) mass is 365 g/mol. The lowest BCUT2D eigenvalue weighted by Crippen LogP contribution is -2.30. The number of pyridine rings is 1. The molecule has 0 unspecified atom stereocenters. The SMILES string of the molecule is CCOc1ccc([C@H]2CCCN2C(=O)c2cc(C)nc3onc(C)c23)cc1. The zero-order valence-corrected chi connectivity index (χ0v) is 15.9. The molecule has 1 aromatic carbocycles. The summed E-state index contributed by atoms with van der Waals surface area (Å²) in [6.07, 6.45) is 1.94. The number of likely N-dealkylation sites (tertiary alicyclic amines) is 1. The average Bonchev–Trinajstić information content (AvgIpc) is 3.29. The van der Waals surface area contributed by atoms with Crippen LogP contribution in [-0.2, 0) is 0 Å². The number of ether oxygens (including phenoxy) is 1. The molecular weight excluding hydrogens is 342 g/mol. The van der Waals surface area contributed by atoms with Crippen LogP contribution >= 0.6 is 0 Å².